The smallest absolute Gasteiger partial charge is 0.270 e. The number of halogens is 1. The minimum absolute atomic E-state index is 0.0775. The lowest BCUT2D eigenvalue weighted by Gasteiger charge is -2.08. The second kappa shape index (κ2) is 9.50. The Bertz CT molecular complexity index is 1010. The Morgan fingerprint density at radius 3 is 2.41 bits per heavy atom. The third-order valence-corrected chi connectivity index (χ3v) is 4.20. The molecule has 0 atom stereocenters. The number of nitrogens with zero attached hydrogens (tertiary/aromatic N) is 3. The summed E-state index contributed by atoms with van der Waals surface area (Å²) in [5, 5.41) is 5.45. The molecule has 0 bridgehead atoms. The Kier molecular flexibility index (Phi) is 6.57. The summed E-state index contributed by atoms with van der Waals surface area (Å²) in [6, 6.07) is 11.5. The third-order valence-electron chi connectivity index (χ3n) is 4.20. The molecule has 0 spiro atoms. The molecule has 8 heteroatoms. The highest BCUT2D eigenvalue weighted by Gasteiger charge is 2.13. The zero-order valence-electron chi connectivity index (χ0n) is 15.9. The number of amides is 2. The number of nitrogens with one attached hydrogen (secondary N) is 2. The van der Waals surface area contributed by atoms with Gasteiger partial charge in [-0.2, -0.15) is 0 Å². The third kappa shape index (κ3) is 5.65. The highest BCUT2D eigenvalue weighted by atomic mass is 19.1. The molecule has 1 aromatic carbocycles. The zero-order valence-corrected chi connectivity index (χ0v) is 15.9. The van der Waals surface area contributed by atoms with E-state index in [9.17, 15) is 14.0 Å². The minimum atomic E-state index is -0.447. The van der Waals surface area contributed by atoms with Crippen LogP contribution < -0.4 is 10.6 Å². The van der Waals surface area contributed by atoms with Gasteiger partial charge in [-0.1, -0.05) is 18.2 Å². The van der Waals surface area contributed by atoms with Crippen molar-refractivity contribution in [2.45, 2.75) is 19.9 Å². The van der Waals surface area contributed by atoms with Crippen LogP contribution in [0, 0.1) is 12.7 Å². The second-order valence-corrected chi connectivity index (χ2v) is 6.38. The summed E-state index contributed by atoms with van der Waals surface area (Å²) in [6.07, 6.45) is 3.45. The van der Waals surface area contributed by atoms with Crippen LogP contribution in [0.2, 0.25) is 0 Å². The van der Waals surface area contributed by atoms with E-state index in [0.717, 1.165) is 11.3 Å². The number of hydrogen-bond acceptors (Lipinski definition) is 5. The van der Waals surface area contributed by atoms with Crippen LogP contribution in [0.15, 0.2) is 55.0 Å². The number of carbonyl (C=O) groups excluding carboxylic acids is 2. The average molecular weight is 393 g/mol. The highest BCUT2D eigenvalue weighted by molar-refractivity contribution is 5.97. The van der Waals surface area contributed by atoms with E-state index in [0.29, 0.717) is 18.5 Å². The van der Waals surface area contributed by atoms with E-state index in [1.807, 2.05) is 18.2 Å². The van der Waals surface area contributed by atoms with E-state index in [-0.39, 0.29) is 23.7 Å². The van der Waals surface area contributed by atoms with Gasteiger partial charge in [-0.25, -0.2) is 14.4 Å². The van der Waals surface area contributed by atoms with Gasteiger partial charge in [-0.05, 0) is 36.2 Å². The summed E-state index contributed by atoms with van der Waals surface area (Å²) in [4.78, 5) is 36.6. The minimum Gasteiger partial charge on any atom is -0.350 e. The number of benzene rings is 1. The van der Waals surface area contributed by atoms with Crippen molar-refractivity contribution in [1.82, 2.24) is 25.6 Å². The summed E-state index contributed by atoms with van der Waals surface area (Å²) >= 11 is 0. The molecule has 2 aromatic heterocycles. The molecule has 0 radical (unpaired) electrons. The Hall–Kier alpha value is -3.68. The van der Waals surface area contributed by atoms with Crippen LogP contribution in [0.1, 0.15) is 37.8 Å². The molecule has 0 saturated carbocycles. The van der Waals surface area contributed by atoms with Gasteiger partial charge in [0.15, 0.2) is 0 Å². The first-order valence-electron chi connectivity index (χ1n) is 9.06. The first-order valence-corrected chi connectivity index (χ1v) is 9.06. The quantitative estimate of drug-likeness (QED) is 0.642. The van der Waals surface area contributed by atoms with E-state index < -0.39 is 11.8 Å². The van der Waals surface area contributed by atoms with Crippen molar-refractivity contribution in [3.63, 3.8) is 0 Å². The van der Waals surface area contributed by atoms with Crippen molar-refractivity contribution in [2.24, 2.45) is 0 Å². The standard InChI is InChI=1S/C21H20FN5O2/c1-14-10-15(5-6-17(14)22)12-25-21(29)19-11-18(26-13-27-19)20(28)24-9-7-16-4-2-3-8-23-16/h2-6,8,10-11,13H,7,9,12H2,1H3,(H,24,28)(H,25,29). The van der Waals surface area contributed by atoms with Gasteiger partial charge < -0.3 is 10.6 Å². The van der Waals surface area contributed by atoms with Gasteiger partial charge in [-0.15, -0.1) is 0 Å². The molecule has 0 aliphatic rings. The predicted octanol–water partition coefficient (Wildman–Crippen LogP) is 2.22. The number of pyridine rings is 1. The monoisotopic (exact) mass is 393 g/mol. The molecule has 3 rings (SSSR count). The van der Waals surface area contributed by atoms with Gasteiger partial charge in [-0.3, -0.25) is 14.6 Å². The van der Waals surface area contributed by atoms with Crippen molar-refractivity contribution in [1.29, 1.82) is 0 Å². The van der Waals surface area contributed by atoms with Gasteiger partial charge in [0.25, 0.3) is 11.8 Å². The van der Waals surface area contributed by atoms with E-state index in [1.165, 1.54) is 18.5 Å². The summed E-state index contributed by atoms with van der Waals surface area (Å²) in [5.74, 6) is -1.14. The van der Waals surface area contributed by atoms with Crippen LogP contribution in [0.3, 0.4) is 0 Å². The van der Waals surface area contributed by atoms with E-state index in [2.05, 4.69) is 25.6 Å². The predicted molar refractivity (Wildman–Crippen MR) is 105 cm³/mol. The fourth-order valence-electron chi connectivity index (χ4n) is 2.64. The van der Waals surface area contributed by atoms with Crippen LogP contribution in [0.25, 0.3) is 0 Å². The highest BCUT2D eigenvalue weighted by Crippen LogP contribution is 2.09. The number of rotatable bonds is 7. The SMILES string of the molecule is Cc1cc(CNC(=O)c2cc(C(=O)NCCc3ccccn3)ncn2)ccc1F. The van der Waals surface area contributed by atoms with Crippen molar-refractivity contribution in [3.8, 4) is 0 Å². The maximum Gasteiger partial charge on any atom is 0.270 e. The molecular weight excluding hydrogens is 373 g/mol. The number of carbonyl (C=O) groups is 2. The molecule has 2 heterocycles. The lowest BCUT2D eigenvalue weighted by Crippen LogP contribution is -2.28. The second-order valence-electron chi connectivity index (χ2n) is 6.38. The summed E-state index contributed by atoms with van der Waals surface area (Å²) in [6.45, 7) is 2.27. The van der Waals surface area contributed by atoms with E-state index in [4.69, 9.17) is 0 Å². The fourth-order valence-corrected chi connectivity index (χ4v) is 2.64. The topological polar surface area (TPSA) is 96.9 Å². The van der Waals surface area contributed by atoms with Gasteiger partial charge in [0.2, 0.25) is 0 Å². The van der Waals surface area contributed by atoms with Gasteiger partial charge in [0.05, 0.1) is 0 Å². The van der Waals surface area contributed by atoms with Crippen molar-refractivity contribution in [3.05, 3.63) is 89.0 Å². The van der Waals surface area contributed by atoms with Gasteiger partial charge in [0, 0.05) is 37.5 Å². The molecule has 0 aliphatic carbocycles. The van der Waals surface area contributed by atoms with E-state index in [1.54, 1.807) is 25.3 Å². The molecule has 0 aliphatic heterocycles. The first-order chi connectivity index (χ1) is 14.0. The molecule has 7 nitrogen and oxygen atoms in total. The lowest BCUT2D eigenvalue weighted by atomic mass is 10.1. The molecule has 148 valence electrons. The fraction of sp³-hybridized carbons (Fsp3) is 0.190. The van der Waals surface area contributed by atoms with Crippen LogP contribution in [0.5, 0.6) is 0 Å². The summed E-state index contributed by atoms with van der Waals surface area (Å²) in [7, 11) is 0. The summed E-state index contributed by atoms with van der Waals surface area (Å²) < 4.78 is 13.3. The van der Waals surface area contributed by atoms with Crippen LogP contribution in [-0.2, 0) is 13.0 Å². The van der Waals surface area contributed by atoms with Crippen LogP contribution in [0.4, 0.5) is 4.39 Å². The largest absolute Gasteiger partial charge is 0.350 e. The first kappa shape index (κ1) is 20.1. The lowest BCUT2D eigenvalue weighted by molar-refractivity contribution is 0.0945. The van der Waals surface area contributed by atoms with Crippen LogP contribution >= 0.6 is 0 Å². The van der Waals surface area contributed by atoms with Gasteiger partial charge in [0.1, 0.15) is 23.5 Å². The van der Waals surface area contributed by atoms with Crippen molar-refractivity contribution >= 4 is 11.8 Å². The Balaban J connectivity index is 1.55. The molecule has 0 unspecified atom stereocenters. The van der Waals surface area contributed by atoms with Crippen LogP contribution in [-0.4, -0.2) is 33.3 Å². The Labute approximate surface area is 167 Å². The molecule has 0 fully saturated rings. The Morgan fingerprint density at radius 2 is 1.72 bits per heavy atom. The van der Waals surface area contributed by atoms with Crippen molar-refractivity contribution in [2.75, 3.05) is 6.54 Å². The van der Waals surface area contributed by atoms with Gasteiger partial charge >= 0.3 is 0 Å². The van der Waals surface area contributed by atoms with E-state index >= 15 is 0 Å². The number of hydrogen-bond donors (Lipinski definition) is 2. The maximum atomic E-state index is 13.3. The molecule has 2 amide bonds. The number of aromatic nitrogens is 3. The molecular formula is C21H20FN5O2. The summed E-state index contributed by atoms with van der Waals surface area (Å²) in [5.41, 5.74) is 2.31. The molecule has 3 aromatic rings. The molecule has 0 saturated heterocycles. The molecule has 29 heavy (non-hydrogen) atoms. The number of aryl methyl sites for hydroxylation is 1. The maximum absolute atomic E-state index is 13.3. The molecule has 2 N–H and O–H groups in total. The Morgan fingerprint density at radius 1 is 0.966 bits per heavy atom. The normalized spacial score (nSPS) is 10.4. The van der Waals surface area contributed by atoms with Crippen molar-refractivity contribution < 1.29 is 14.0 Å². The average Bonchev–Trinajstić information content (AvgIpc) is 2.75. The zero-order chi connectivity index (χ0) is 20.6.